The largest absolute Gasteiger partial charge is 0.388 e. The number of carbonyl (C=O) groups is 1. The zero-order valence-corrected chi connectivity index (χ0v) is 14.0. The van der Waals surface area contributed by atoms with Gasteiger partial charge in [-0.25, -0.2) is 0 Å². The van der Waals surface area contributed by atoms with Gasteiger partial charge in [0.25, 0.3) is 0 Å². The fourth-order valence-electron chi connectivity index (χ4n) is 3.23. The van der Waals surface area contributed by atoms with Crippen molar-refractivity contribution in [3.8, 4) is 0 Å². The van der Waals surface area contributed by atoms with Crippen molar-refractivity contribution < 1.29 is 9.90 Å². The fourth-order valence-corrected chi connectivity index (χ4v) is 3.93. The summed E-state index contributed by atoms with van der Waals surface area (Å²) in [5.74, 6) is 0.488. The molecule has 0 aliphatic carbocycles. The van der Waals surface area contributed by atoms with Crippen LogP contribution in [0.4, 0.5) is 0 Å². The van der Waals surface area contributed by atoms with Crippen molar-refractivity contribution in [3.63, 3.8) is 0 Å². The number of hydrogen-bond acceptors (Lipinski definition) is 3. The highest BCUT2D eigenvalue weighted by molar-refractivity contribution is 7.07. The molecule has 2 aromatic rings. The number of aliphatic hydroxyl groups is 1. The predicted molar refractivity (Wildman–Crippen MR) is 93.3 cm³/mol. The molecule has 1 atom stereocenters. The molecule has 2 heterocycles. The number of aliphatic hydroxyl groups excluding tert-OH is 1. The zero-order chi connectivity index (χ0) is 16.1. The van der Waals surface area contributed by atoms with Crippen LogP contribution < -0.4 is 0 Å². The third kappa shape index (κ3) is 4.21. The molecule has 1 aromatic carbocycles. The van der Waals surface area contributed by atoms with Gasteiger partial charge in [0, 0.05) is 19.5 Å². The number of carbonyl (C=O) groups excluding carboxylic acids is 1. The smallest absolute Gasteiger partial charge is 0.222 e. The Bertz CT molecular complexity index is 604. The number of benzene rings is 1. The van der Waals surface area contributed by atoms with Gasteiger partial charge in [-0.1, -0.05) is 30.3 Å². The Hall–Kier alpha value is -1.65. The van der Waals surface area contributed by atoms with E-state index in [0.717, 1.165) is 37.9 Å². The van der Waals surface area contributed by atoms with Gasteiger partial charge >= 0.3 is 0 Å². The van der Waals surface area contributed by atoms with Crippen molar-refractivity contribution in [3.05, 3.63) is 58.3 Å². The minimum Gasteiger partial charge on any atom is -0.388 e. The standard InChI is InChI=1S/C19H23NO2S/c21-18(7-6-15-10-13-23-14-15)20-11-8-17(9-12-20)19(22)16-4-2-1-3-5-16/h1-5,10,13-14,17,19,22H,6-9,11-12H2/t19-/m0/s1. The van der Waals surface area contributed by atoms with Gasteiger partial charge in [-0.3, -0.25) is 4.79 Å². The van der Waals surface area contributed by atoms with Gasteiger partial charge in [0.05, 0.1) is 6.10 Å². The maximum Gasteiger partial charge on any atom is 0.222 e. The van der Waals surface area contributed by atoms with E-state index in [4.69, 9.17) is 0 Å². The summed E-state index contributed by atoms with van der Waals surface area (Å²) < 4.78 is 0. The van der Waals surface area contributed by atoms with Gasteiger partial charge in [0.1, 0.15) is 0 Å². The molecule has 1 aliphatic rings. The van der Waals surface area contributed by atoms with E-state index in [9.17, 15) is 9.90 Å². The van der Waals surface area contributed by atoms with Gasteiger partial charge in [0.2, 0.25) is 5.91 Å². The van der Waals surface area contributed by atoms with Crippen LogP contribution in [0.5, 0.6) is 0 Å². The second-order valence-corrected chi connectivity index (χ2v) is 6.99. The van der Waals surface area contributed by atoms with E-state index in [-0.39, 0.29) is 11.8 Å². The summed E-state index contributed by atoms with van der Waals surface area (Å²) in [7, 11) is 0. The third-order valence-electron chi connectivity index (χ3n) is 4.69. The molecule has 3 nitrogen and oxygen atoms in total. The minimum absolute atomic E-state index is 0.240. The molecule has 1 aliphatic heterocycles. The third-order valence-corrected chi connectivity index (χ3v) is 5.42. The molecule has 1 N–H and O–H groups in total. The highest BCUT2D eigenvalue weighted by Gasteiger charge is 2.27. The lowest BCUT2D eigenvalue weighted by molar-refractivity contribution is -0.133. The Kier molecular flexibility index (Phi) is 5.47. The molecule has 0 saturated carbocycles. The second-order valence-electron chi connectivity index (χ2n) is 6.21. The lowest BCUT2D eigenvalue weighted by Gasteiger charge is -2.34. The summed E-state index contributed by atoms with van der Waals surface area (Å²) in [6.45, 7) is 1.52. The number of hydrogen-bond donors (Lipinski definition) is 1. The second kappa shape index (κ2) is 7.75. The molecule has 1 saturated heterocycles. The summed E-state index contributed by atoms with van der Waals surface area (Å²) in [6.07, 6.45) is 2.75. The number of piperidine rings is 1. The topological polar surface area (TPSA) is 40.5 Å². The molecule has 0 unspecified atom stereocenters. The van der Waals surface area contributed by atoms with Gasteiger partial charge in [-0.2, -0.15) is 11.3 Å². The average molecular weight is 329 g/mol. The molecule has 1 amide bonds. The average Bonchev–Trinajstić information content (AvgIpc) is 3.13. The first kappa shape index (κ1) is 16.2. The Morgan fingerprint density at radius 2 is 1.96 bits per heavy atom. The summed E-state index contributed by atoms with van der Waals surface area (Å²) in [6, 6.07) is 11.9. The first-order valence-corrected chi connectivity index (χ1v) is 9.20. The predicted octanol–water partition coefficient (Wildman–Crippen LogP) is 3.65. The van der Waals surface area contributed by atoms with Crippen molar-refractivity contribution in [1.82, 2.24) is 4.90 Å². The molecule has 122 valence electrons. The van der Waals surface area contributed by atoms with E-state index in [1.165, 1.54) is 5.56 Å². The molecule has 23 heavy (non-hydrogen) atoms. The van der Waals surface area contributed by atoms with E-state index >= 15 is 0 Å². The molecule has 3 rings (SSSR count). The number of nitrogens with zero attached hydrogens (tertiary/aromatic N) is 1. The molecule has 0 bridgehead atoms. The van der Waals surface area contributed by atoms with Gasteiger partial charge in [0.15, 0.2) is 0 Å². The monoisotopic (exact) mass is 329 g/mol. The number of thiophene rings is 1. The van der Waals surface area contributed by atoms with Crippen LogP contribution in [-0.4, -0.2) is 29.0 Å². The first-order valence-electron chi connectivity index (χ1n) is 8.26. The van der Waals surface area contributed by atoms with Crippen molar-refractivity contribution in [1.29, 1.82) is 0 Å². The number of amides is 1. The van der Waals surface area contributed by atoms with Crippen LogP contribution in [0.3, 0.4) is 0 Å². The van der Waals surface area contributed by atoms with Gasteiger partial charge < -0.3 is 10.0 Å². The molecule has 1 fully saturated rings. The minimum atomic E-state index is -0.417. The highest BCUT2D eigenvalue weighted by Crippen LogP contribution is 2.30. The van der Waals surface area contributed by atoms with Crippen LogP contribution in [-0.2, 0) is 11.2 Å². The van der Waals surface area contributed by atoms with E-state index in [1.54, 1.807) is 11.3 Å². The summed E-state index contributed by atoms with van der Waals surface area (Å²) in [4.78, 5) is 14.3. The molecule has 0 radical (unpaired) electrons. The van der Waals surface area contributed by atoms with Crippen molar-refractivity contribution >= 4 is 17.2 Å². The van der Waals surface area contributed by atoms with E-state index in [0.29, 0.717) is 6.42 Å². The van der Waals surface area contributed by atoms with Crippen LogP contribution in [0, 0.1) is 5.92 Å². The lowest BCUT2D eigenvalue weighted by atomic mass is 9.87. The summed E-state index contributed by atoms with van der Waals surface area (Å²) in [5, 5.41) is 14.7. The summed E-state index contributed by atoms with van der Waals surface area (Å²) in [5.41, 5.74) is 2.23. The van der Waals surface area contributed by atoms with Crippen LogP contribution >= 0.6 is 11.3 Å². The van der Waals surface area contributed by atoms with Crippen LogP contribution in [0.25, 0.3) is 0 Å². The maximum absolute atomic E-state index is 12.3. The van der Waals surface area contributed by atoms with Gasteiger partial charge in [-0.05, 0) is 53.1 Å². The highest BCUT2D eigenvalue weighted by atomic mass is 32.1. The number of likely N-dealkylation sites (tertiary alicyclic amines) is 1. The Labute approximate surface area is 141 Å². The maximum atomic E-state index is 12.3. The van der Waals surface area contributed by atoms with E-state index < -0.39 is 6.10 Å². The van der Waals surface area contributed by atoms with Crippen molar-refractivity contribution in [2.75, 3.05) is 13.1 Å². The Balaban J connectivity index is 1.47. The van der Waals surface area contributed by atoms with Crippen LogP contribution in [0.1, 0.15) is 36.5 Å². The molecular weight excluding hydrogens is 306 g/mol. The van der Waals surface area contributed by atoms with Crippen LogP contribution in [0.2, 0.25) is 0 Å². The van der Waals surface area contributed by atoms with Crippen LogP contribution in [0.15, 0.2) is 47.2 Å². The Morgan fingerprint density at radius 3 is 2.61 bits per heavy atom. The van der Waals surface area contributed by atoms with E-state index in [1.807, 2.05) is 35.2 Å². The first-order chi connectivity index (χ1) is 11.2. The molecular formula is C19H23NO2S. The lowest BCUT2D eigenvalue weighted by Crippen LogP contribution is -2.39. The summed E-state index contributed by atoms with van der Waals surface area (Å²) >= 11 is 1.68. The van der Waals surface area contributed by atoms with Crippen molar-refractivity contribution in [2.45, 2.75) is 31.8 Å². The number of aryl methyl sites for hydroxylation is 1. The quantitative estimate of drug-likeness (QED) is 0.909. The SMILES string of the molecule is O=C(CCc1ccsc1)N1CCC([C@@H](O)c2ccccc2)CC1. The molecule has 1 aromatic heterocycles. The van der Waals surface area contributed by atoms with Crippen molar-refractivity contribution in [2.24, 2.45) is 5.92 Å². The molecule has 0 spiro atoms. The number of rotatable bonds is 5. The molecule has 4 heteroatoms. The fraction of sp³-hybridized carbons (Fsp3) is 0.421. The zero-order valence-electron chi connectivity index (χ0n) is 13.2. The van der Waals surface area contributed by atoms with Gasteiger partial charge in [-0.15, -0.1) is 0 Å². The Morgan fingerprint density at radius 1 is 1.22 bits per heavy atom. The normalized spacial score (nSPS) is 17.2. The van der Waals surface area contributed by atoms with E-state index in [2.05, 4.69) is 16.8 Å².